The van der Waals surface area contributed by atoms with E-state index >= 15 is 0 Å². The summed E-state index contributed by atoms with van der Waals surface area (Å²) in [6, 6.07) is 0. The Balaban J connectivity index is 2.94. The Morgan fingerprint density at radius 1 is 1.20 bits per heavy atom. The molecule has 0 aliphatic heterocycles. The van der Waals surface area contributed by atoms with E-state index in [1.807, 2.05) is 0 Å². The van der Waals surface area contributed by atoms with Crippen LogP contribution in [0.25, 0.3) is 0 Å². The van der Waals surface area contributed by atoms with Crippen LogP contribution in [0.15, 0.2) is 18.2 Å². The first-order chi connectivity index (χ1) is 4.91. The van der Waals surface area contributed by atoms with Crippen LogP contribution < -0.4 is 0 Å². The Bertz CT molecular complexity index is 90.2. The van der Waals surface area contributed by atoms with Crippen LogP contribution in [0.5, 0.6) is 0 Å². The number of unbranched alkanes of at least 4 members (excludes halogenated alkanes) is 3. The molecule has 0 spiro atoms. The Morgan fingerprint density at radius 2 is 2.00 bits per heavy atom. The third-order valence-corrected chi connectivity index (χ3v) is 1.41. The molecule has 0 aliphatic carbocycles. The second-order valence-electron chi connectivity index (χ2n) is 2.44. The number of hydrogen-bond acceptors (Lipinski definition) is 0. The topological polar surface area (TPSA) is 0 Å². The first-order valence-electron chi connectivity index (χ1n) is 4.10. The van der Waals surface area contributed by atoms with E-state index in [1.165, 1.54) is 25.7 Å². The van der Waals surface area contributed by atoms with Crippen molar-refractivity contribution in [3.05, 3.63) is 24.8 Å². The van der Waals surface area contributed by atoms with Crippen molar-refractivity contribution in [2.75, 3.05) is 0 Å². The van der Waals surface area contributed by atoms with E-state index in [1.54, 1.807) is 6.08 Å². The zero-order valence-corrected chi connectivity index (χ0v) is 6.84. The van der Waals surface area contributed by atoms with E-state index in [2.05, 4.69) is 19.1 Å². The van der Waals surface area contributed by atoms with E-state index < -0.39 is 0 Å². The van der Waals surface area contributed by atoms with Crippen LogP contribution in [0.1, 0.15) is 39.0 Å². The fourth-order valence-electron chi connectivity index (χ4n) is 0.805. The molecule has 0 saturated carbocycles. The molecule has 10 heavy (non-hydrogen) atoms. The molecule has 0 atom stereocenters. The highest BCUT2D eigenvalue weighted by atomic mass is 13.9. The molecule has 0 amide bonds. The summed E-state index contributed by atoms with van der Waals surface area (Å²) in [6.07, 6.45) is 12.1. The maximum atomic E-state index is 5.19. The molecule has 0 aromatic carbocycles. The standard InChI is InChI=1S/C10H17/c1-3-5-7-9-10-8-6-4-2/h1,3,7,9H,4-6,8,10H2,2H3. The molecule has 0 aromatic heterocycles. The lowest BCUT2D eigenvalue weighted by Gasteiger charge is -1.90. The first-order valence-corrected chi connectivity index (χ1v) is 4.10. The van der Waals surface area contributed by atoms with Crippen LogP contribution in [0.3, 0.4) is 0 Å². The summed E-state index contributed by atoms with van der Waals surface area (Å²) in [5, 5.41) is 0. The molecule has 0 fully saturated rings. The lowest BCUT2D eigenvalue weighted by molar-refractivity contribution is 0.728. The number of rotatable bonds is 6. The summed E-state index contributed by atoms with van der Waals surface area (Å²) in [6.45, 7) is 7.41. The third-order valence-electron chi connectivity index (χ3n) is 1.41. The van der Waals surface area contributed by atoms with Gasteiger partial charge in [0.05, 0.1) is 0 Å². The number of allylic oxidation sites excluding steroid dienone is 3. The molecule has 0 saturated heterocycles. The van der Waals surface area contributed by atoms with Gasteiger partial charge in [-0.3, -0.25) is 0 Å². The van der Waals surface area contributed by atoms with Crippen LogP contribution in [-0.4, -0.2) is 0 Å². The Kier molecular flexibility index (Phi) is 8.04. The molecule has 1 radical (unpaired) electrons. The number of hydrogen-bond donors (Lipinski definition) is 0. The van der Waals surface area contributed by atoms with Gasteiger partial charge in [-0.25, -0.2) is 0 Å². The van der Waals surface area contributed by atoms with Crippen LogP contribution in [0.4, 0.5) is 0 Å². The molecule has 0 bridgehead atoms. The van der Waals surface area contributed by atoms with E-state index in [-0.39, 0.29) is 0 Å². The highest BCUT2D eigenvalue weighted by molar-refractivity contribution is 4.86. The monoisotopic (exact) mass is 137 g/mol. The highest BCUT2D eigenvalue weighted by Crippen LogP contribution is 1.99. The average Bonchev–Trinajstić information content (AvgIpc) is 1.97. The zero-order chi connectivity index (χ0) is 7.66. The molecule has 0 N–H and O–H groups in total. The van der Waals surface area contributed by atoms with Crippen molar-refractivity contribution in [3.8, 4) is 0 Å². The quantitative estimate of drug-likeness (QED) is 0.388. The maximum absolute atomic E-state index is 5.19. The maximum Gasteiger partial charge on any atom is -0.0166 e. The van der Waals surface area contributed by atoms with Crippen LogP contribution >= 0.6 is 0 Å². The van der Waals surface area contributed by atoms with Crippen LogP contribution in [0, 0.1) is 6.58 Å². The normalized spacial score (nSPS) is 10.5. The summed E-state index contributed by atoms with van der Waals surface area (Å²) in [5.74, 6) is 0. The van der Waals surface area contributed by atoms with Crippen LogP contribution in [0.2, 0.25) is 0 Å². The van der Waals surface area contributed by atoms with Crippen LogP contribution in [-0.2, 0) is 0 Å². The molecule has 0 rings (SSSR count). The van der Waals surface area contributed by atoms with Crippen molar-refractivity contribution in [2.24, 2.45) is 0 Å². The molecular formula is C10H17. The second kappa shape index (κ2) is 8.48. The van der Waals surface area contributed by atoms with Gasteiger partial charge in [0.1, 0.15) is 0 Å². The molecular weight excluding hydrogens is 120 g/mol. The fraction of sp³-hybridized carbons (Fsp3) is 0.600. The SMILES string of the molecule is [CH]=CCC=CCCCCC. The Hall–Kier alpha value is -0.520. The fourth-order valence-corrected chi connectivity index (χ4v) is 0.805. The minimum absolute atomic E-state index is 0.909. The van der Waals surface area contributed by atoms with Gasteiger partial charge in [0, 0.05) is 0 Å². The lowest BCUT2D eigenvalue weighted by atomic mass is 10.2. The first kappa shape index (κ1) is 9.48. The summed E-state index contributed by atoms with van der Waals surface area (Å²) in [4.78, 5) is 0. The predicted octanol–water partition coefficient (Wildman–Crippen LogP) is 3.50. The van der Waals surface area contributed by atoms with Gasteiger partial charge in [0.2, 0.25) is 0 Å². The minimum Gasteiger partial charge on any atom is -0.0882 e. The average molecular weight is 137 g/mol. The molecule has 0 aromatic rings. The van der Waals surface area contributed by atoms with Crippen molar-refractivity contribution in [3.63, 3.8) is 0 Å². The van der Waals surface area contributed by atoms with Crippen molar-refractivity contribution in [1.82, 2.24) is 0 Å². The van der Waals surface area contributed by atoms with E-state index in [9.17, 15) is 0 Å². The smallest absolute Gasteiger partial charge is 0.0166 e. The van der Waals surface area contributed by atoms with Gasteiger partial charge >= 0.3 is 0 Å². The molecule has 0 nitrogen and oxygen atoms in total. The molecule has 0 aliphatic rings. The molecule has 0 unspecified atom stereocenters. The molecule has 57 valence electrons. The zero-order valence-electron chi connectivity index (χ0n) is 6.84. The van der Waals surface area contributed by atoms with Crippen molar-refractivity contribution < 1.29 is 0 Å². The van der Waals surface area contributed by atoms with Gasteiger partial charge < -0.3 is 0 Å². The minimum atomic E-state index is 0.909. The Labute approximate surface area is 64.6 Å². The Morgan fingerprint density at radius 3 is 2.60 bits per heavy atom. The van der Waals surface area contributed by atoms with E-state index in [4.69, 9.17) is 6.58 Å². The molecule has 0 heteroatoms. The lowest BCUT2D eigenvalue weighted by Crippen LogP contribution is -1.70. The summed E-state index contributed by atoms with van der Waals surface area (Å²) in [5.41, 5.74) is 0. The van der Waals surface area contributed by atoms with Gasteiger partial charge in [0.15, 0.2) is 0 Å². The van der Waals surface area contributed by atoms with Crippen molar-refractivity contribution >= 4 is 0 Å². The van der Waals surface area contributed by atoms with Gasteiger partial charge in [-0.1, -0.05) is 44.6 Å². The van der Waals surface area contributed by atoms with Crippen molar-refractivity contribution in [2.45, 2.75) is 39.0 Å². The summed E-state index contributed by atoms with van der Waals surface area (Å²) in [7, 11) is 0. The second-order valence-corrected chi connectivity index (χ2v) is 2.44. The summed E-state index contributed by atoms with van der Waals surface area (Å²) >= 11 is 0. The molecule has 0 heterocycles. The predicted molar refractivity (Wildman–Crippen MR) is 46.8 cm³/mol. The largest absolute Gasteiger partial charge is 0.0882 e. The van der Waals surface area contributed by atoms with Gasteiger partial charge in [-0.15, -0.1) is 0 Å². The van der Waals surface area contributed by atoms with E-state index in [0.29, 0.717) is 0 Å². The van der Waals surface area contributed by atoms with Gasteiger partial charge in [0.25, 0.3) is 0 Å². The van der Waals surface area contributed by atoms with Gasteiger partial charge in [-0.2, -0.15) is 0 Å². The highest BCUT2D eigenvalue weighted by Gasteiger charge is 1.79. The third kappa shape index (κ3) is 7.48. The van der Waals surface area contributed by atoms with Gasteiger partial charge in [-0.05, 0) is 19.3 Å². The van der Waals surface area contributed by atoms with Crippen molar-refractivity contribution in [1.29, 1.82) is 0 Å². The van der Waals surface area contributed by atoms with E-state index in [0.717, 1.165) is 6.42 Å². The summed E-state index contributed by atoms with van der Waals surface area (Å²) < 4.78 is 0.